The Morgan fingerprint density at radius 1 is 1.04 bits per heavy atom. The zero-order chi connectivity index (χ0) is 17.1. The Balaban J connectivity index is 1.64. The van der Waals surface area contributed by atoms with E-state index in [4.69, 9.17) is 4.42 Å². The molecule has 0 saturated carbocycles. The molecule has 1 saturated heterocycles. The summed E-state index contributed by atoms with van der Waals surface area (Å²) in [5.74, 6) is 1.31. The van der Waals surface area contributed by atoms with Crippen molar-refractivity contribution in [1.82, 2.24) is 4.90 Å². The number of aldehydes is 1. The number of piperazine rings is 1. The fourth-order valence-corrected chi connectivity index (χ4v) is 2.96. The molecular formula is C19H22N2O3. The van der Waals surface area contributed by atoms with E-state index in [0.717, 1.165) is 37.4 Å². The lowest BCUT2D eigenvalue weighted by Crippen LogP contribution is -2.49. The molecule has 0 N–H and O–H groups in total. The molecule has 1 aromatic heterocycles. The largest absolute Gasteiger partial charge is 0.453 e. The van der Waals surface area contributed by atoms with Crippen molar-refractivity contribution in [3.63, 3.8) is 0 Å². The summed E-state index contributed by atoms with van der Waals surface area (Å²) in [6.07, 6.45) is 0.704. The lowest BCUT2D eigenvalue weighted by molar-refractivity contribution is -0.134. The van der Waals surface area contributed by atoms with Gasteiger partial charge in [-0.05, 0) is 36.4 Å². The Morgan fingerprint density at radius 3 is 2.25 bits per heavy atom. The maximum Gasteiger partial charge on any atom is 0.225 e. The Hall–Kier alpha value is -2.56. The lowest BCUT2D eigenvalue weighted by Gasteiger charge is -2.37. The summed E-state index contributed by atoms with van der Waals surface area (Å²) >= 11 is 0. The molecule has 2 heterocycles. The van der Waals surface area contributed by atoms with Crippen LogP contribution in [0.15, 0.2) is 40.8 Å². The summed E-state index contributed by atoms with van der Waals surface area (Å²) in [5, 5.41) is 0. The van der Waals surface area contributed by atoms with Crippen LogP contribution in [-0.2, 0) is 4.79 Å². The van der Waals surface area contributed by atoms with Crippen LogP contribution in [0.1, 0.15) is 24.4 Å². The highest BCUT2D eigenvalue weighted by Crippen LogP contribution is 2.25. The molecule has 5 nitrogen and oxygen atoms in total. The maximum atomic E-state index is 12.0. The molecule has 126 valence electrons. The predicted molar refractivity (Wildman–Crippen MR) is 93.2 cm³/mol. The Morgan fingerprint density at radius 2 is 1.71 bits per heavy atom. The van der Waals surface area contributed by atoms with Crippen LogP contribution >= 0.6 is 0 Å². The summed E-state index contributed by atoms with van der Waals surface area (Å²) < 4.78 is 5.44. The molecule has 0 radical (unpaired) electrons. The SMILES string of the molecule is CC(C)C(=O)N1CCN(c2ccc(-c3ccc(C=O)o3)cc2)CC1. The Bertz CT molecular complexity index is 710. The molecule has 1 fully saturated rings. The minimum absolute atomic E-state index is 0.0559. The molecule has 2 aromatic rings. The third-order valence-corrected chi connectivity index (χ3v) is 4.35. The van der Waals surface area contributed by atoms with Gasteiger partial charge >= 0.3 is 0 Å². The van der Waals surface area contributed by atoms with Gasteiger partial charge in [-0.25, -0.2) is 0 Å². The highest BCUT2D eigenvalue weighted by atomic mass is 16.3. The summed E-state index contributed by atoms with van der Waals surface area (Å²) in [5.41, 5.74) is 2.08. The van der Waals surface area contributed by atoms with E-state index in [0.29, 0.717) is 17.8 Å². The zero-order valence-electron chi connectivity index (χ0n) is 14.1. The van der Waals surface area contributed by atoms with Gasteiger partial charge in [-0.1, -0.05) is 13.8 Å². The lowest BCUT2D eigenvalue weighted by atomic mass is 10.1. The second-order valence-electron chi connectivity index (χ2n) is 6.33. The van der Waals surface area contributed by atoms with Gasteiger partial charge in [0.05, 0.1) is 0 Å². The summed E-state index contributed by atoms with van der Waals surface area (Å²) in [6, 6.07) is 11.6. The first-order valence-corrected chi connectivity index (χ1v) is 8.27. The zero-order valence-corrected chi connectivity index (χ0v) is 14.1. The van der Waals surface area contributed by atoms with Gasteiger partial charge in [0.1, 0.15) is 5.76 Å². The van der Waals surface area contributed by atoms with E-state index in [1.165, 1.54) is 0 Å². The summed E-state index contributed by atoms with van der Waals surface area (Å²) in [4.78, 5) is 27.0. The number of rotatable bonds is 4. The molecule has 0 spiro atoms. The molecule has 0 atom stereocenters. The number of hydrogen-bond donors (Lipinski definition) is 0. The second kappa shape index (κ2) is 6.91. The smallest absolute Gasteiger partial charge is 0.225 e. The molecule has 1 amide bonds. The van der Waals surface area contributed by atoms with E-state index in [-0.39, 0.29) is 11.8 Å². The quantitative estimate of drug-likeness (QED) is 0.810. The number of nitrogens with zero attached hydrogens (tertiary/aromatic N) is 2. The summed E-state index contributed by atoms with van der Waals surface area (Å²) in [6.45, 7) is 7.09. The van der Waals surface area contributed by atoms with Gasteiger partial charge in [-0.15, -0.1) is 0 Å². The van der Waals surface area contributed by atoms with Gasteiger partial charge in [0, 0.05) is 43.3 Å². The van der Waals surface area contributed by atoms with E-state index in [2.05, 4.69) is 17.0 Å². The van der Waals surface area contributed by atoms with E-state index in [1.807, 2.05) is 30.9 Å². The monoisotopic (exact) mass is 326 g/mol. The molecule has 0 bridgehead atoms. The molecule has 1 aliphatic rings. The van der Waals surface area contributed by atoms with Crippen LogP contribution in [0, 0.1) is 5.92 Å². The van der Waals surface area contributed by atoms with Crippen LogP contribution in [-0.4, -0.2) is 43.3 Å². The van der Waals surface area contributed by atoms with E-state index in [1.54, 1.807) is 12.1 Å². The topological polar surface area (TPSA) is 53.8 Å². The van der Waals surface area contributed by atoms with Crippen LogP contribution < -0.4 is 4.90 Å². The standard InChI is InChI=1S/C19H22N2O3/c1-14(2)19(23)21-11-9-20(10-12-21)16-5-3-15(4-6-16)18-8-7-17(13-22)24-18/h3-8,13-14H,9-12H2,1-2H3. The molecule has 24 heavy (non-hydrogen) atoms. The first kappa shape index (κ1) is 16.3. The van der Waals surface area contributed by atoms with Crippen molar-refractivity contribution in [1.29, 1.82) is 0 Å². The number of anilines is 1. The highest BCUT2D eigenvalue weighted by Gasteiger charge is 2.22. The normalized spacial score (nSPS) is 15.0. The Labute approximate surface area is 141 Å². The van der Waals surface area contributed by atoms with E-state index >= 15 is 0 Å². The van der Waals surface area contributed by atoms with Gasteiger partial charge in [-0.3, -0.25) is 9.59 Å². The van der Waals surface area contributed by atoms with E-state index < -0.39 is 0 Å². The molecule has 0 aliphatic carbocycles. The number of hydrogen-bond acceptors (Lipinski definition) is 4. The van der Waals surface area contributed by atoms with Crippen molar-refractivity contribution in [2.75, 3.05) is 31.1 Å². The number of benzene rings is 1. The first-order chi connectivity index (χ1) is 11.6. The average Bonchev–Trinajstić information content (AvgIpc) is 3.10. The van der Waals surface area contributed by atoms with Crippen molar-refractivity contribution in [3.05, 3.63) is 42.2 Å². The first-order valence-electron chi connectivity index (χ1n) is 8.27. The van der Waals surface area contributed by atoms with Crippen molar-refractivity contribution in [3.8, 4) is 11.3 Å². The van der Waals surface area contributed by atoms with Gasteiger partial charge < -0.3 is 14.2 Å². The third kappa shape index (κ3) is 3.35. The fraction of sp³-hybridized carbons (Fsp3) is 0.368. The highest BCUT2D eigenvalue weighted by molar-refractivity contribution is 5.78. The van der Waals surface area contributed by atoms with Gasteiger partial charge in [0.25, 0.3) is 0 Å². The maximum absolute atomic E-state index is 12.0. The van der Waals surface area contributed by atoms with Crippen LogP contribution in [0.3, 0.4) is 0 Å². The third-order valence-electron chi connectivity index (χ3n) is 4.35. The fourth-order valence-electron chi connectivity index (χ4n) is 2.96. The van der Waals surface area contributed by atoms with Gasteiger partial charge in [-0.2, -0.15) is 0 Å². The number of furan rings is 1. The second-order valence-corrected chi connectivity index (χ2v) is 6.33. The molecule has 1 aliphatic heterocycles. The summed E-state index contributed by atoms with van der Waals surface area (Å²) in [7, 11) is 0. The van der Waals surface area contributed by atoms with Crippen molar-refractivity contribution in [2.45, 2.75) is 13.8 Å². The van der Waals surface area contributed by atoms with Crippen molar-refractivity contribution >= 4 is 17.9 Å². The van der Waals surface area contributed by atoms with E-state index in [9.17, 15) is 9.59 Å². The Kier molecular flexibility index (Phi) is 4.69. The number of amides is 1. The minimum Gasteiger partial charge on any atom is -0.453 e. The molecule has 3 rings (SSSR count). The van der Waals surface area contributed by atoms with Crippen molar-refractivity contribution < 1.29 is 14.0 Å². The van der Waals surface area contributed by atoms with Crippen LogP contribution in [0.25, 0.3) is 11.3 Å². The predicted octanol–water partition coefficient (Wildman–Crippen LogP) is 3.06. The van der Waals surface area contributed by atoms with Gasteiger partial charge in [0.15, 0.2) is 12.0 Å². The van der Waals surface area contributed by atoms with Crippen LogP contribution in [0.2, 0.25) is 0 Å². The van der Waals surface area contributed by atoms with Crippen molar-refractivity contribution in [2.24, 2.45) is 5.92 Å². The average molecular weight is 326 g/mol. The minimum atomic E-state index is 0.0559. The van der Waals surface area contributed by atoms with Crippen LogP contribution in [0.4, 0.5) is 5.69 Å². The number of carbonyl (C=O) groups is 2. The molecule has 0 unspecified atom stereocenters. The number of carbonyl (C=O) groups excluding carboxylic acids is 2. The van der Waals surface area contributed by atoms with Gasteiger partial charge in [0.2, 0.25) is 5.91 Å². The molecular weight excluding hydrogens is 304 g/mol. The van der Waals surface area contributed by atoms with Crippen LogP contribution in [0.5, 0.6) is 0 Å². The molecule has 5 heteroatoms. The molecule has 1 aromatic carbocycles.